The zero-order chi connectivity index (χ0) is 13.1. The number of nitrogens with zero attached hydrogens (tertiary/aromatic N) is 1. The van der Waals surface area contributed by atoms with Crippen LogP contribution < -0.4 is 11.1 Å². The number of carbonyl (C=O) groups is 1. The van der Waals surface area contributed by atoms with Crippen molar-refractivity contribution in [3.05, 3.63) is 51.7 Å². The minimum Gasteiger partial charge on any atom is -0.398 e. The summed E-state index contributed by atoms with van der Waals surface area (Å²) in [6, 6.07) is 8.30. The molecule has 3 N–H and O–H groups in total. The van der Waals surface area contributed by atoms with Crippen molar-refractivity contribution < 1.29 is 4.79 Å². The van der Waals surface area contributed by atoms with Gasteiger partial charge >= 0.3 is 0 Å². The standard InChI is InChI=1S/C12H9BrClN3O/c13-7-1-2-9(10(15)5-7)12(18)17-8-3-4-16-11(14)6-8/h1-6H,15H2,(H,16,17,18). The van der Waals surface area contributed by atoms with Gasteiger partial charge in [-0.2, -0.15) is 0 Å². The summed E-state index contributed by atoms with van der Waals surface area (Å²) < 4.78 is 0.823. The monoisotopic (exact) mass is 325 g/mol. The molecule has 1 amide bonds. The molecule has 92 valence electrons. The lowest BCUT2D eigenvalue weighted by Crippen LogP contribution is -2.14. The molecule has 18 heavy (non-hydrogen) atoms. The summed E-state index contributed by atoms with van der Waals surface area (Å²) in [4.78, 5) is 15.8. The van der Waals surface area contributed by atoms with Crippen LogP contribution in [0.1, 0.15) is 10.4 Å². The molecule has 0 bridgehead atoms. The highest BCUT2D eigenvalue weighted by Gasteiger charge is 2.10. The Balaban J connectivity index is 2.22. The van der Waals surface area contributed by atoms with Gasteiger partial charge in [-0.25, -0.2) is 4.98 Å². The molecule has 2 rings (SSSR count). The predicted octanol–water partition coefficient (Wildman–Crippen LogP) is 3.33. The lowest BCUT2D eigenvalue weighted by Gasteiger charge is -2.07. The highest BCUT2D eigenvalue weighted by molar-refractivity contribution is 9.10. The van der Waals surface area contributed by atoms with Gasteiger partial charge in [-0.05, 0) is 30.3 Å². The van der Waals surface area contributed by atoms with Crippen LogP contribution >= 0.6 is 27.5 Å². The number of hydrogen-bond acceptors (Lipinski definition) is 3. The third-order valence-corrected chi connectivity index (χ3v) is 2.94. The summed E-state index contributed by atoms with van der Waals surface area (Å²) in [6.45, 7) is 0. The summed E-state index contributed by atoms with van der Waals surface area (Å²) in [6.07, 6.45) is 1.52. The van der Waals surface area contributed by atoms with Gasteiger partial charge in [-0.15, -0.1) is 0 Å². The minimum absolute atomic E-state index is 0.290. The number of anilines is 2. The first-order chi connectivity index (χ1) is 8.56. The van der Waals surface area contributed by atoms with E-state index in [0.29, 0.717) is 22.1 Å². The number of pyridine rings is 1. The number of nitrogens with two attached hydrogens (primary N) is 1. The molecular weight excluding hydrogens is 318 g/mol. The normalized spacial score (nSPS) is 10.1. The van der Waals surface area contributed by atoms with E-state index >= 15 is 0 Å². The number of carbonyl (C=O) groups excluding carboxylic acids is 1. The molecule has 6 heteroatoms. The molecule has 1 aromatic heterocycles. The van der Waals surface area contributed by atoms with Gasteiger partial charge in [-0.1, -0.05) is 27.5 Å². The SMILES string of the molecule is Nc1cc(Br)ccc1C(=O)Nc1ccnc(Cl)c1. The summed E-state index contributed by atoms with van der Waals surface area (Å²) in [5.74, 6) is -0.290. The molecule has 0 fully saturated rings. The fourth-order valence-corrected chi connectivity index (χ4v) is 1.97. The van der Waals surface area contributed by atoms with E-state index in [9.17, 15) is 4.79 Å². The first-order valence-corrected chi connectivity index (χ1v) is 6.21. The average Bonchev–Trinajstić information content (AvgIpc) is 2.28. The van der Waals surface area contributed by atoms with Crippen molar-refractivity contribution in [2.24, 2.45) is 0 Å². The first kappa shape index (κ1) is 12.9. The van der Waals surface area contributed by atoms with E-state index in [-0.39, 0.29) is 5.91 Å². The van der Waals surface area contributed by atoms with E-state index in [1.165, 1.54) is 6.20 Å². The molecular formula is C12H9BrClN3O. The van der Waals surface area contributed by atoms with Crippen molar-refractivity contribution >= 4 is 44.8 Å². The third-order valence-electron chi connectivity index (χ3n) is 2.24. The number of aromatic nitrogens is 1. The highest BCUT2D eigenvalue weighted by atomic mass is 79.9. The molecule has 0 aliphatic carbocycles. The summed E-state index contributed by atoms with van der Waals surface area (Å²) in [5.41, 5.74) is 7.16. The number of nitrogens with one attached hydrogen (secondary N) is 1. The Hall–Kier alpha value is -1.59. The number of nitrogen functional groups attached to an aromatic ring is 1. The van der Waals surface area contributed by atoms with Crippen molar-refractivity contribution in [3.63, 3.8) is 0 Å². The molecule has 2 aromatic rings. The van der Waals surface area contributed by atoms with Gasteiger partial charge < -0.3 is 11.1 Å². The number of amides is 1. The zero-order valence-electron chi connectivity index (χ0n) is 9.15. The molecule has 0 radical (unpaired) electrons. The minimum atomic E-state index is -0.290. The van der Waals surface area contributed by atoms with E-state index in [2.05, 4.69) is 26.2 Å². The summed E-state index contributed by atoms with van der Waals surface area (Å²) in [5, 5.41) is 3.02. The van der Waals surface area contributed by atoms with Crippen molar-refractivity contribution in [2.45, 2.75) is 0 Å². The Morgan fingerprint density at radius 1 is 1.33 bits per heavy atom. The van der Waals surface area contributed by atoms with Gasteiger partial charge in [-0.3, -0.25) is 4.79 Å². The van der Waals surface area contributed by atoms with Crippen molar-refractivity contribution in [1.29, 1.82) is 0 Å². The molecule has 0 saturated carbocycles. The van der Waals surface area contributed by atoms with Crippen LogP contribution in [0.4, 0.5) is 11.4 Å². The molecule has 0 saturated heterocycles. The van der Waals surface area contributed by atoms with Crippen LogP contribution in [0.25, 0.3) is 0 Å². The Kier molecular flexibility index (Phi) is 3.84. The second kappa shape index (κ2) is 5.37. The van der Waals surface area contributed by atoms with Gasteiger partial charge in [0, 0.05) is 22.0 Å². The second-order valence-electron chi connectivity index (χ2n) is 3.55. The summed E-state index contributed by atoms with van der Waals surface area (Å²) >= 11 is 9.02. The largest absolute Gasteiger partial charge is 0.398 e. The van der Waals surface area contributed by atoms with Crippen molar-refractivity contribution in [1.82, 2.24) is 4.98 Å². The number of halogens is 2. The Bertz CT molecular complexity index is 604. The number of rotatable bonds is 2. The smallest absolute Gasteiger partial charge is 0.257 e. The molecule has 0 aliphatic heterocycles. The molecule has 0 unspecified atom stereocenters. The summed E-state index contributed by atoms with van der Waals surface area (Å²) in [7, 11) is 0. The Morgan fingerprint density at radius 3 is 2.78 bits per heavy atom. The fourth-order valence-electron chi connectivity index (χ4n) is 1.42. The van der Waals surface area contributed by atoms with E-state index in [1.807, 2.05) is 0 Å². The molecule has 1 heterocycles. The van der Waals surface area contributed by atoms with Gasteiger partial charge in [0.15, 0.2) is 0 Å². The van der Waals surface area contributed by atoms with Crippen LogP contribution in [-0.4, -0.2) is 10.9 Å². The fraction of sp³-hybridized carbons (Fsp3) is 0. The average molecular weight is 327 g/mol. The maximum Gasteiger partial charge on any atom is 0.257 e. The van der Waals surface area contributed by atoms with Gasteiger partial charge in [0.25, 0.3) is 5.91 Å². The van der Waals surface area contributed by atoms with E-state index in [0.717, 1.165) is 4.47 Å². The van der Waals surface area contributed by atoms with E-state index in [1.54, 1.807) is 30.3 Å². The highest BCUT2D eigenvalue weighted by Crippen LogP contribution is 2.20. The maximum absolute atomic E-state index is 12.0. The Morgan fingerprint density at radius 2 is 2.11 bits per heavy atom. The molecule has 4 nitrogen and oxygen atoms in total. The first-order valence-electron chi connectivity index (χ1n) is 5.04. The topological polar surface area (TPSA) is 68.0 Å². The van der Waals surface area contributed by atoms with Crippen LogP contribution in [-0.2, 0) is 0 Å². The Labute approximate surface area is 117 Å². The molecule has 0 aliphatic rings. The number of hydrogen-bond donors (Lipinski definition) is 2. The van der Waals surface area contributed by atoms with Crippen molar-refractivity contribution in [2.75, 3.05) is 11.1 Å². The molecule has 1 aromatic carbocycles. The second-order valence-corrected chi connectivity index (χ2v) is 4.86. The van der Waals surface area contributed by atoms with Gasteiger partial charge in [0.2, 0.25) is 0 Å². The number of benzene rings is 1. The molecule has 0 spiro atoms. The van der Waals surface area contributed by atoms with Crippen molar-refractivity contribution in [3.8, 4) is 0 Å². The molecule has 0 atom stereocenters. The quantitative estimate of drug-likeness (QED) is 0.657. The third kappa shape index (κ3) is 3.00. The van der Waals surface area contributed by atoms with Crippen LogP contribution in [0.3, 0.4) is 0 Å². The van der Waals surface area contributed by atoms with E-state index < -0.39 is 0 Å². The van der Waals surface area contributed by atoms with Gasteiger partial charge in [0.05, 0.1) is 5.56 Å². The van der Waals surface area contributed by atoms with Crippen LogP contribution in [0.2, 0.25) is 5.15 Å². The van der Waals surface area contributed by atoms with Crippen LogP contribution in [0, 0.1) is 0 Å². The zero-order valence-corrected chi connectivity index (χ0v) is 11.5. The van der Waals surface area contributed by atoms with Crippen LogP contribution in [0.15, 0.2) is 41.0 Å². The van der Waals surface area contributed by atoms with E-state index in [4.69, 9.17) is 17.3 Å². The predicted molar refractivity (Wildman–Crippen MR) is 75.8 cm³/mol. The van der Waals surface area contributed by atoms with Crippen LogP contribution in [0.5, 0.6) is 0 Å². The lowest BCUT2D eigenvalue weighted by atomic mass is 10.1. The lowest BCUT2D eigenvalue weighted by molar-refractivity contribution is 0.102. The van der Waals surface area contributed by atoms with Gasteiger partial charge in [0.1, 0.15) is 5.15 Å². The maximum atomic E-state index is 12.0.